The van der Waals surface area contributed by atoms with Gasteiger partial charge in [0, 0.05) is 11.5 Å². The number of pyridine rings is 1. The first-order valence-electron chi connectivity index (χ1n) is 3.50. The monoisotopic (exact) mass is 233 g/mol. The van der Waals surface area contributed by atoms with Crippen LogP contribution in [0.1, 0.15) is 12.1 Å². The lowest BCUT2D eigenvalue weighted by Gasteiger charge is -1.99. The van der Waals surface area contributed by atoms with Crippen molar-refractivity contribution in [3.63, 3.8) is 0 Å². The summed E-state index contributed by atoms with van der Waals surface area (Å²) in [6, 6.07) is 3.72. The number of nitrogens with zero attached hydrogens (tertiary/aromatic N) is 1. The van der Waals surface area contributed by atoms with E-state index in [-0.39, 0.29) is 0 Å². The van der Waals surface area contributed by atoms with E-state index in [1.807, 2.05) is 12.1 Å². The van der Waals surface area contributed by atoms with Gasteiger partial charge in [0.1, 0.15) is 0 Å². The molecule has 60 valence electrons. The van der Waals surface area contributed by atoms with Crippen LogP contribution in [-0.4, -0.2) is 10.3 Å². The Morgan fingerprint density at radius 3 is 3.00 bits per heavy atom. The molecule has 0 atom stereocenters. The Hall–Kier alpha value is -0.0800. The van der Waals surface area contributed by atoms with Crippen molar-refractivity contribution >= 4 is 27.5 Å². The molecular formula is C8H9BrClN. The van der Waals surface area contributed by atoms with Crippen molar-refractivity contribution in [2.24, 2.45) is 0 Å². The summed E-state index contributed by atoms with van der Waals surface area (Å²) < 4.78 is 0. The molecule has 11 heavy (non-hydrogen) atoms. The molecular weight excluding hydrogens is 225 g/mol. The van der Waals surface area contributed by atoms with E-state index < -0.39 is 0 Å². The van der Waals surface area contributed by atoms with E-state index in [1.165, 1.54) is 0 Å². The predicted octanol–water partition coefficient (Wildman–Crippen LogP) is 3.06. The minimum Gasteiger partial charge on any atom is -0.260 e. The Morgan fingerprint density at radius 2 is 2.36 bits per heavy atom. The molecule has 0 bridgehead atoms. The number of alkyl halides is 1. The van der Waals surface area contributed by atoms with Gasteiger partial charge in [0.15, 0.2) is 0 Å². The van der Waals surface area contributed by atoms with Gasteiger partial charge in [-0.3, -0.25) is 4.98 Å². The van der Waals surface area contributed by atoms with Gasteiger partial charge in [-0.25, -0.2) is 0 Å². The van der Waals surface area contributed by atoms with Gasteiger partial charge in [0.05, 0.1) is 10.7 Å². The summed E-state index contributed by atoms with van der Waals surface area (Å²) in [5.41, 5.74) is 0.994. The highest BCUT2D eigenvalue weighted by Crippen LogP contribution is 2.13. The summed E-state index contributed by atoms with van der Waals surface area (Å²) in [6.07, 6.45) is 3.80. The molecule has 0 amide bonds. The minimum absolute atomic E-state index is 0.772. The Morgan fingerprint density at radius 1 is 1.55 bits per heavy atom. The van der Waals surface area contributed by atoms with E-state index in [4.69, 9.17) is 11.6 Å². The molecule has 0 saturated carbocycles. The van der Waals surface area contributed by atoms with Gasteiger partial charge in [-0.05, 0) is 25.0 Å². The van der Waals surface area contributed by atoms with E-state index in [2.05, 4.69) is 20.9 Å². The maximum absolute atomic E-state index is 5.88. The van der Waals surface area contributed by atoms with Crippen molar-refractivity contribution in [2.75, 3.05) is 5.33 Å². The highest BCUT2D eigenvalue weighted by molar-refractivity contribution is 9.09. The molecule has 1 nitrogen and oxygen atoms in total. The molecule has 1 heterocycles. The van der Waals surface area contributed by atoms with Gasteiger partial charge in [0.25, 0.3) is 0 Å². The first-order valence-corrected chi connectivity index (χ1v) is 5.00. The number of halogens is 2. The first kappa shape index (κ1) is 9.01. The number of aromatic nitrogens is 1. The number of aryl methyl sites for hydroxylation is 1. The minimum atomic E-state index is 0.772. The maximum atomic E-state index is 5.88. The molecule has 0 fully saturated rings. The second kappa shape index (κ2) is 4.73. The number of hydrogen-bond acceptors (Lipinski definition) is 1. The Bertz CT molecular complexity index is 227. The second-order valence-electron chi connectivity index (χ2n) is 2.22. The largest absolute Gasteiger partial charge is 0.260 e. The van der Waals surface area contributed by atoms with Crippen LogP contribution in [0.3, 0.4) is 0 Å². The van der Waals surface area contributed by atoms with Crippen molar-refractivity contribution < 1.29 is 0 Å². The number of hydrogen-bond donors (Lipinski definition) is 0. The van der Waals surface area contributed by atoms with Crippen LogP contribution in [-0.2, 0) is 6.42 Å². The first-order chi connectivity index (χ1) is 5.34. The maximum Gasteiger partial charge on any atom is 0.0621 e. The smallest absolute Gasteiger partial charge is 0.0621 e. The molecule has 3 heteroatoms. The lowest BCUT2D eigenvalue weighted by molar-refractivity contribution is 0.897. The average Bonchev–Trinajstić information content (AvgIpc) is 2.03. The fraction of sp³-hybridized carbons (Fsp3) is 0.375. The fourth-order valence-corrected chi connectivity index (χ4v) is 1.33. The van der Waals surface area contributed by atoms with Crippen LogP contribution >= 0.6 is 27.5 Å². The van der Waals surface area contributed by atoms with E-state index >= 15 is 0 Å². The summed E-state index contributed by atoms with van der Waals surface area (Å²) in [5.74, 6) is 0. The lowest BCUT2D eigenvalue weighted by atomic mass is 10.2. The standard InChI is InChI=1S/C8H9BrClN/c9-5-1-4-8-7(10)3-2-6-11-8/h2-3,6H,1,4-5H2. The molecule has 0 spiro atoms. The van der Waals surface area contributed by atoms with Crippen LogP contribution in [0, 0.1) is 0 Å². The summed E-state index contributed by atoms with van der Waals surface area (Å²) >= 11 is 9.24. The second-order valence-corrected chi connectivity index (χ2v) is 3.42. The summed E-state index contributed by atoms with van der Waals surface area (Å²) in [7, 11) is 0. The zero-order valence-electron chi connectivity index (χ0n) is 6.06. The van der Waals surface area contributed by atoms with Gasteiger partial charge in [-0.1, -0.05) is 27.5 Å². The van der Waals surface area contributed by atoms with Gasteiger partial charge in [-0.15, -0.1) is 0 Å². The third kappa shape index (κ3) is 2.80. The molecule has 1 aromatic heterocycles. The quantitative estimate of drug-likeness (QED) is 0.733. The van der Waals surface area contributed by atoms with Crippen molar-refractivity contribution in [3.05, 3.63) is 29.0 Å². The van der Waals surface area contributed by atoms with E-state index in [9.17, 15) is 0 Å². The molecule has 0 aliphatic rings. The molecule has 0 N–H and O–H groups in total. The number of rotatable bonds is 3. The van der Waals surface area contributed by atoms with Crippen LogP contribution < -0.4 is 0 Å². The Balaban J connectivity index is 2.62. The zero-order valence-corrected chi connectivity index (χ0v) is 8.40. The fourth-order valence-electron chi connectivity index (χ4n) is 0.837. The Labute approximate surface area is 79.9 Å². The highest BCUT2D eigenvalue weighted by atomic mass is 79.9. The van der Waals surface area contributed by atoms with E-state index in [0.717, 1.165) is 28.9 Å². The third-order valence-electron chi connectivity index (χ3n) is 1.38. The van der Waals surface area contributed by atoms with Crippen molar-refractivity contribution in [3.8, 4) is 0 Å². The van der Waals surface area contributed by atoms with Crippen molar-refractivity contribution in [1.82, 2.24) is 4.98 Å². The van der Waals surface area contributed by atoms with Crippen LogP contribution in [0.5, 0.6) is 0 Å². The third-order valence-corrected chi connectivity index (χ3v) is 2.29. The molecule has 0 aliphatic carbocycles. The summed E-state index contributed by atoms with van der Waals surface area (Å²) in [4.78, 5) is 4.16. The summed E-state index contributed by atoms with van der Waals surface area (Å²) in [5, 5.41) is 1.77. The molecule has 0 aromatic carbocycles. The lowest BCUT2D eigenvalue weighted by Crippen LogP contribution is -1.90. The molecule has 1 rings (SSSR count). The topological polar surface area (TPSA) is 12.9 Å². The van der Waals surface area contributed by atoms with Gasteiger partial charge >= 0.3 is 0 Å². The average molecular weight is 235 g/mol. The molecule has 0 aliphatic heterocycles. The zero-order chi connectivity index (χ0) is 8.10. The van der Waals surface area contributed by atoms with Gasteiger partial charge < -0.3 is 0 Å². The van der Waals surface area contributed by atoms with Crippen molar-refractivity contribution in [2.45, 2.75) is 12.8 Å². The van der Waals surface area contributed by atoms with Gasteiger partial charge in [-0.2, -0.15) is 0 Å². The van der Waals surface area contributed by atoms with Gasteiger partial charge in [0.2, 0.25) is 0 Å². The van der Waals surface area contributed by atoms with Crippen LogP contribution in [0.2, 0.25) is 5.02 Å². The highest BCUT2D eigenvalue weighted by Gasteiger charge is 1.98. The molecule has 0 unspecified atom stereocenters. The molecule has 1 aromatic rings. The van der Waals surface area contributed by atoms with Crippen LogP contribution in [0.15, 0.2) is 18.3 Å². The van der Waals surface area contributed by atoms with Crippen molar-refractivity contribution in [1.29, 1.82) is 0 Å². The van der Waals surface area contributed by atoms with Crippen LogP contribution in [0.25, 0.3) is 0 Å². The summed E-state index contributed by atoms with van der Waals surface area (Å²) in [6.45, 7) is 0. The Kier molecular flexibility index (Phi) is 3.87. The predicted molar refractivity (Wildman–Crippen MR) is 51.4 cm³/mol. The van der Waals surface area contributed by atoms with E-state index in [1.54, 1.807) is 6.20 Å². The van der Waals surface area contributed by atoms with E-state index in [0.29, 0.717) is 0 Å². The van der Waals surface area contributed by atoms with Crippen LogP contribution in [0.4, 0.5) is 0 Å². The normalized spacial score (nSPS) is 10.0. The molecule has 0 radical (unpaired) electrons. The molecule has 0 saturated heterocycles. The SMILES string of the molecule is Clc1cccnc1CCCBr.